The van der Waals surface area contributed by atoms with Gasteiger partial charge in [0.05, 0.1) is 5.92 Å². The van der Waals surface area contributed by atoms with Crippen LogP contribution in [0.15, 0.2) is 4.52 Å². The van der Waals surface area contributed by atoms with Crippen LogP contribution in [0.1, 0.15) is 129 Å². The molecular formula is C22H40N2O2. The van der Waals surface area contributed by atoms with E-state index >= 15 is 0 Å². The smallest absolute Gasteiger partial charge is 0.229 e. The summed E-state index contributed by atoms with van der Waals surface area (Å²) >= 11 is 0. The minimum atomic E-state index is -0.263. The molecule has 0 saturated heterocycles. The Hall–Kier alpha value is -1.19. The highest BCUT2D eigenvalue weighted by atomic mass is 16.5. The van der Waals surface area contributed by atoms with Gasteiger partial charge in [0.25, 0.3) is 0 Å². The highest BCUT2D eigenvalue weighted by Crippen LogP contribution is 2.40. The molecule has 0 fully saturated rings. The third-order valence-electron chi connectivity index (χ3n) is 5.47. The molecule has 0 aliphatic heterocycles. The molecule has 0 radical (unpaired) electrons. The molecule has 2 unspecified atom stereocenters. The zero-order chi connectivity index (χ0) is 19.6. The predicted molar refractivity (Wildman–Crippen MR) is 107 cm³/mol. The monoisotopic (exact) mass is 364 g/mol. The zero-order valence-corrected chi connectivity index (χ0v) is 17.9. The summed E-state index contributed by atoms with van der Waals surface area (Å²) in [5, 5.41) is 4.27. The van der Waals surface area contributed by atoms with Gasteiger partial charge >= 0.3 is 0 Å². The molecular weight excluding hydrogens is 324 g/mol. The van der Waals surface area contributed by atoms with Crippen molar-refractivity contribution in [2.45, 2.75) is 118 Å². The van der Waals surface area contributed by atoms with E-state index in [0.717, 1.165) is 44.9 Å². The Kier molecular flexibility index (Phi) is 10.1. The van der Waals surface area contributed by atoms with E-state index in [4.69, 9.17) is 9.51 Å². The van der Waals surface area contributed by atoms with Crippen molar-refractivity contribution in [2.75, 3.05) is 0 Å². The summed E-state index contributed by atoms with van der Waals surface area (Å²) in [5.74, 6) is 1.63. The minimum absolute atomic E-state index is 0.149. The molecule has 0 spiro atoms. The Morgan fingerprint density at radius 3 is 2.35 bits per heavy atom. The second-order valence-electron chi connectivity index (χ2n) is 8.33. The Labute approximate surface area is 160 Å². The summed E-state index contributed by atoms with van der Waals surface area (Å²) in [7, 11) is 0. The van der Waals surface area contributed by atoms with Gasteiger partial charge in [0.2, 0.25) is 5.89 Å². The molecule has 0 N–H and O–H groups in total. The SMILES string of the molecule is CCCCCCC(=O)C(c1noc(C(CC)CCC)n1)C(C)(C)CCC. The summed E-state index contributed by atoms with van der Waals surface area (Å²) in [5.41, 5.74) is -0.149. The highest BCUT2D eigenvalue weighted by Gasteiger charge is 2.39. The molecule has 1 aromatic rings. The Morgan fingerprint density at radius 2 is 1.77 bits per heavy atom. The van der Waals surface area contributed by atoms with Crippen LogP contribution in [-0.4, -0.2) is 15.9 Å². The van der Waals surface area contributed by atoms with E-state index in [0.29, 0.717) is 24.1 Å². The molecule has 0 aliphatic rings. The van der Waals surface area contributed by atoms with Crippen LogP contribution in [0.5, 0.6) is 0 Å². The van der Waals surface area contributed by atoms with Crippen molar-refractivity contribution in [2.24, 2.45) is 5.41 Å². The topological polar surface area (TPSA) is 56.0 Å². The van der Waals surface area contributed by atoms with E-state index < -0.39 is 0 Å². The summed E-state index contributed by atoms with van der Waals surface area (Å²) in [6.45, 7) is 13.0. The van der Waals surface area contributed by atoms with Crippen LogP contribution in [0.4, 0.5) is 0 Å². The van der Waals surface area contributed by atoms with Crippen LogP contribution in [0, 0.1) is 5.41 Å². The second kappa shape index (κ2) is 11.5. The lowest BCUT2D eigenvalue weighted by atomic mass is 9.72. The first kappa shape index (κ1) is 22.9. The van der Waals surface area contributed by atoms with E-state index in [9.17, 15) is 4.79 Å². The number of carbonyl (C=O) groups is 1. The molecule has 0 bridgehead atoms. The normalized spacial score (nSPS) is 14.4. The van der Waals surface area contributed by atoms with Gasteiger partial charge in [-0.3, -0.25) is 4.79 Å². The molecule has 1 heterocycles. The number of carbonyl (C=O) groups excluding carboxylic acids is 1. The van der Waals surface area contributed by atoms with Gasteiger partial charge < -0.3 is 4.52 Å². The number of unbranched alkanes of at least 4 members (excludes halogenated alkanes) is 3. The number of Topliss-reactive ketones (excluding diaryl/α,β-unsaturated/α-hetero) is 1. The second-order valence-corrected chi connectivity index (χ2v) is 8.33. The third-order valence-corrected chi connectivity index (χ3v) is 5.47. The number of rotatable bonds is 14. The van der Waals surface area contributed by atoms with E-state index in [2.05, 4.69) is 46.7 Å². The van der Waals surface area contributed by atoms with Gasteiger partial charge in [-0.25, -0.2) is 0 Å². The van der Waals surface area contributed by atoms with Crippen LogP contribution < -0.4 is 0 Å². The lowest BCUT2D eigenvalue weighted by Gasteiger charge is -2.31. The van der Waals surface area contributed by atoms with Gasteiger partial charge in [-0.15, -0.1) is 0 Å². The summed E-state index contributed by atoms with van der Waals surface area (Å²) < 4.78 is 5.60. The Balaban J connectivity index is 3.01. The van der Waals surface area contributed by atoms with Gasteiger partial charge in [-0.05, 0) is 31.1 Å². The van der Waals surface area contributed by atoms with E-state index in [1.807, 2.05) is 0 Å². The maximum absolute atomic E-state index is 13.1. The highest BCUT2D eigenvalue weighted by molar-refractivity contribution is 5.85. The van der Waals surface area contributed by atoms with Gasteiger partial charge in [-0.2, -0.15) is 4.98 Å². The Morgan fingerprint density at radius 1 is 1.04 bits per heavy atom. The average molecular weight is 365 g/mol. The van der Waals surface area contributed by atoms with Crippen molar-refractivity contribution in [1.82, 2.24) is 10.1 Å². The lowest BCUT2D eigenvalue weighted by Crippen LogP contribution is -2.30. The fourth-order valence-electron chi connectivity index (χ4n) is 3.97. The van der Waals surface area contributed by atoms with Crippen LogP contribution in [0.25, 0.3) is 0 Å². The van der Waals surface area contributed by atoms with Crippen LogP contribution >= 0.6 is 0 Å². The van der Waals surface area contributed by atoms with Crippen molar-refractivity contribution in [3.05, 3.63) is 11.7 Å². The fourth-order valence-corrected chi connectivity index (χ4v) is 3.97. The van der Waals surface area contributed by atoms with Crippen molar-refractivity contribution in [3.8, 4) is 0 Å². The van der Waals surface area contributed by atoms with Crippen molar-refractivity contribution in [3.63, 3.8) is 0 Å². The summed E-state index contributed by atoms with van der Waals surface area (Å²) in [4.78, 5) is 17.8. The van der Waals surface area contributed by atoms with Gasteiger partial charge in [0.1, 0.15) is 5.78 Å². The quantitative estimate of drug-likeness (QED) is 0.340. The Bertz CT molecular complexity index is 522. The molecule has 26 heavy (non-hydrogen) atoms. The first-order valence-electron chi connectivity index (χ1n) is 10.8. The number of nitrogens with zero attached hydrogens (tertiary/aromatic N) is 2. The molecule has 0 amide bonds. The van der Waals surface area contributed by atoms with E-state index in [-0.39, 0.29) is 17.1 Å². The van der Waals surface area contributed by atoms with Gasteiger partial charge in [0, 0.05) is 12.3 Å². The summed E-state index contributed by atoms with van der Waals surface area (Å²) in [6.07, 6.45) is 10.2. The first-order chi connectivity index (χ1) is 12.4. The van der Waals surface area contributed by atoms with Crippen molar-refractivity contribution in [1.29, 1.82) is 0 Å². The van der Waals surface area contributed by atoms with Crippen molar-refractivity contribution < 1.29 is 9.32 Å². The number of hydrogen-bond acceptors (Lipinski definition) is 4. The van der Waals surface area contributed by atoms with E-state index in [1.165, 1.54) is 12.8 Å². The molecule has 4 nitrogen and oxygen atoms in total. The van der Waals surface area contributed by atoms with E-state index in [1.54, 1.807) is 0 Å². The van der Waals surface area contributed by atoms with Crippen LogP contribution in [0.3, 0.4) is 0 Å². The van der Waals surface area contributed by atoms with Gasteiger partial charge in [-0.1, -0.05) is 78.8 Å². The fraction of sp³-hybridized carbons (Fsp3) is 0.864. The third kappa shape index (κ3) is 6.51. The van der Waals surface area contributed by atoms with Crippen LogP contribution in [-0.2, 0) is 4.79 Å². The first-order valence-corrected chi connectivity index (χ1v) is 10.8. The van der Waals surface area contributed by atoms with Gasteiger partial charge in [0.15, 0.2) is 5.82 Å². The molecule has 1 rings (SSSR count). The predicted octanol–water partition coefficient (Wildman–Crippen LogP) is 6.81. The standard InChI is InChI=1S/C22H40N2O2/c1-7-11-12-13-15-18(25)19(22(5,6)16-9-3)20-23-21(26-24-20)17(10-4)14-8-2/h17,19H,7-16H2,1-6H3. The maximum atomic E-state index is 13.1. The molecule has 2 atom stereocenters. The average Bonchev–Trinajstić information content (AvgIpc) is 3.05. The molecule has 4 heteroatoms. The molecule has 0 saturated carbocycles. The molecule has 150 valence electrons. The maximum Gasteiger partial charge on any atom is 0.229 e. The minimum Gasteiger partial charge on any atom is -0.339 e. The number of hydrogen-bond donors (Lipinski definition) is 0. The zero-order valence-electron chi connectivity index (χ0n) is 17.9. The molecule has 0 aliphatic carbocycles. The summed E-state index contributed by atoms with van der Waals surface area (Å²) in [6, 6.07) is 0. The van der Waals surface area contributed by atoms with Crippen molar-refractivity contribution >= 4 is 5.78 Å². The largest absolute Gasteiger partial charge is 0.339 e. The number of ketones is 1. The molecule has 0 aromatic carbocycles. The molecule has 1 aromatic heterocycles. The lowest BCUT2D eigenvalue weighted by molar-refractivity contribution is -0.123. The van der Waals surface area contributed by atoms with Crippen LogP contribution in [0.2, 0.25) is 0 Å². The number of aromatic nitrogens is 2.